The van der Waals surface area contributed by atoms with Crippen LogP contribution in [0.4, 0.5) is 5.13 Å². The lowest BCUT2D eigenvalue weighted by molar-refractivity contribution is -0.667. The summed E-state index contributed by atoms with van der Waals surface area (Å²) in [5.74, 6) is -5.83. The van der Waals surface area contributed by atoms with Crippen molar-refractivity contribution in [1.82, 2.24) is 15.2 Å². The number of oxime groups is 1. The molecule has 3 atom stereocenters. The number of furan rings is 1. The van der Waals surface area contributed by atoms with Crippen LogP contribution in [0.15, 0.2) is 87.2 Å². The van der Waals surface area contributed by atoms with Gasteiger partial charge in [-0.25, -0.2) is 9.78 Å². The highest BCUT2D eigenvalue weighted by atomic mass is 32.2. The summed E-state index contributed by atoms with van der Waals surface area (Å²) in [5, 5.41) is 49.5. The minimum atomic E-state index is -2.50. The number of aliphatic carboxylic acids is 2. The molecule has 3 aromatic heterocycles. The Balaban J connectivity index is 1.16. The molecular weight excluding hydrogens is 668 g/mol. The smallest absolute Gasteiger partial charge is 0.380 e. The van der Waals surface area contributed by atoms with Crippen molar-refractivity contribution >= 4 is 69.3 Å². The molecule has 2 aliphatic rings. The number of phenols is 2. The number of pyridine rings is 1. The van der Waals surface area contributed by atoms with Crippen molar-refractivity contribution in [3.8, 4) is 11.5 Å². The number of phenolic OH excluding ortho intramolecular Hbond substituents is 2. The number of benzene rings is 1. The minimum absolute atomic E-state index is 0.00370. The predicted molar refractivity (Wildman–Crippen MR) is 167 cm³/mol. The topological polar surface area (TPSA) is 245 Å². The summed E-state index contributed by atoms with van der Waals surface area (Å²) in [6.45, 7) is 0.365. The molecule has 3 unspecified atom stereocenters. The Bertz CT molecular complexity index is 2060. The average Bonchev–Trinajstić information content (AvgIpc) is 3.72. The van der Waals surface area contributed by atoms with E-state index in [0.717, 1.165) is 39.8 Å². The standard InChI is InChI=1S/C30H24N6O10S2/c31-29-33-20(14-48-29)30(28(43)44,17-5-6-18(37)19(38)11-17)46-32-12-21(39)34-22-24(40)36-23(27(41)42)16(13-47-26(22)36)4-2-9-35-8-1-3-15-7-10-45-25(15)35/h1-8,10-12,14,22,26H,9,13H2,(H6-,31,32,33,34,37,38,39,41,42,43,44). The largest absolute Gasteiger partial charge is 0.543 e. The summed E-state index contributed by atoms with van der Waals surface area (Å²) in [6.07, 6.45) is 7.31. The van der Waals surface area contributed by atoms with Crippen LogP contribution in [0, 0.1) is 0 Å². The van der Waals surface area contributed by atoms with Crippen molar-refractivity contribution < 1.29 is 53.4 Å². The number of carboxylic acids is 2. The van der Waals surface area contributed by atoms with Gasteiger partial charge in [-0.15, -0.1) is 23.1 Å². The van der Waals surface area contributed by atoms with Gasteiger partial charge < -0.3 is 45.5 Å². The summed E-state index contributed by atoms with van der Waals surface area (Å²) in [4.78, 5) is 61.0. The van der Waals surface area contributed by atoms with Crippen molar-refractivity contribution in [3.63, 3.8) is 0 Å². The number of carbonyl (C=O) groups excluding carboxylic acids is 3. The SMILES string of the molecule is Nc1nc(C(ON=CC(=O)NC2C(=O)N3C(C(=O)[O-])=C(C=CC[n+]4cccc5ccoc54)CSC23)(C(=O)O)c2ccc(O)c(O)c2)cs1. The molecule has 0 radical (unpaired) electrons. The Morgan fingerprint density at radius 1 is 1.27 bits per heavy atom. The van der Waals surface area contributed by atoms with Crippen molar-refractivity contribution in [3.05, 3.63) is 88.9 Å². The van der Waals surface area contributed by atoms with E-state index in [1.807, 2.05) is 29.0 Å². The molecule has 0 saturated carbocycles. The van der Waals surface area contributed by atoms with E-state index in [1.54, 1.807) is 18.4 Å². The summed E-state index contributed by atoms with van der Waals surface area (Å²) >= 11 is 2.13. The van der Waals surface area contributed by atoms with Crippen LogP contribution in [0.2, 0.25) is 0 Å². The Kier molecular flexibility index (Phi) is 8.50. The maximum absolute atomic E-state index is 13.1. The first-order valence-electron chi connectivity index (χ1n) is 13.9. The molecule has 48 heavy (non-hydrogen) atoms. The molecule has 0 aliphatic carbocycles. The number of thiazole rings is 1. The zero-order chi connectivity index (χ0) is 34.2. The van der Waals surface area contributed by atoms with Crippen LogP contribution < -0.4 is 20.7 Å². The summed E-state index contributed by atoms with van der Waals surface area (Å²) in [7, 11) is 0. The molecular formula is C30H24N6O10S2. The molecule has 6 N–H and O–H groups in total. The number of nitrogens with zero attached hydrogens (tertiary/aromatic N) is 4. The lowest BCUT2D eigenvalue weighted by Gasteiger charge is -2.50. The number of fused-ring (bicyclic) bond motifs is 2. The third kappa shape index (κ3) is 5.66. The van der Waals surface area contributed by atoms with Crippen LogP contribution in [-0.4, -0.2) is 72.3 Å². The highest BCUT2D eigenvalue weighted by molar-refractivity contribution is 8.00. The van der Waals surface area contributed by atoms with Gasteiger partial charge in [0.1, 0.15) is 23.3 Å². The van der Waals surface area contributed by atoms with Gasteiger partial charge in [0.05, 0.1) is 23.3 Å². The fraction of sp³-hybridized carbons (Fsp3) is 0.167. The third-order valence-electron chi connectivity index (χ3n) is 7.51. The average molecular weight is 693 g/mol. The zero-order valence-corrected chi connectivity index (χ0v) is 26.0. The van der Waals surface area contributed by atoms with Crippen LogP contribution in [0.1, 0.15) is 11.3 Å². The number of carbonyl (C=O) groups is 4. The first-order valence-corrected chi connectivity index (χ1v) is 15.8. The Hall–Kier alpha value is -5.88. The van der Waals surface area contributed by atoms with Gasteiger partial charge in [-0.2, -0.15) is 4.57 Å². The maximum Gasteiger partial charge on any atom is 0.380 e. The van der Waals surface area contributed by atoms with E-state index in [9.17, 15) is 39.6 Å². The van der Waals surface area contributed by atoms with Gasteiger partial charge in [-0.05, 0) is 42.0 Å². The van der Waals surface area contributed by atoms with Gasteiger partial charge in [-0.3, -0.25) is 14.5 Å². The Morgan fingerprint density at radius 3 is 2.79 bits per heavy atom. The monoisotopic (exact) mass is 692 g/mol. The number of hydrogen-bond donors (Lipinski definition) is 5. The number of β-lactam (4-membered cyclic amide) rings is 1. The molecule has 1 aromatic carbocycles. The molecule has 18 heteroatoms. The minimum Gasteiger partial charge on any atom is -0.543 e. The Morgan fingerprint density at radius 2 is 2.08 bits per heavy atom. The van der Waals surface area contributed by atoms with Gasteiger partial charge in [0.15, 0.2) is 29.4 Å². The van der Waals surface area contributed by atoms with Gasteiger partial charge in [0.2, 0.25) is 0 Å². The molecule has 16 nitrogen and oxygen atoms in total. The third-order valence-corrected chi connectivity index (χ3v) is 9.49. The molecule has 246 valence electrons. The second-order valence-corrected chi connectivity index (χ2v) is 12.4. The maximum atomic E-state index is 13.1. The van der Waals surface area contributed by atoms with Crippen molar-refractivity contribution in [2.45, 2.75) is 23.6 Å². The highest BCUT2D eigenvalue weighted by Crippen LogP contribution is 2.41. The van der Waals surface area contributed by atoms with Crippen molar-refractivity contribution in [1.29, 1.82) is 0 Å². The number of nitrogens with two attached hydrogens (primary N) is 1. The van der Waals surface area contributed by atoms with E-state index in [0.29, 0.717) is 24.0 Å². The number of aromatic nitrogens is 2. The van der Waals surface area contributed by atoms with Crippen molar-refractivity contribution in [2.75, 3.05) is 11.5 Å². The summed E-state index contributed by atoms with van der Waals surface area (Å²) in [5.41, 5.74) is 3.45. The second kappa shape index (κ2) is 12.7. The number of rotatable bonds is 11. The highest BCUT2D eigenvalue weighted by Gasteiger charge is 2.53. The van der Waals surface area contributed by atoms with Gasteiger partial charge in [0.25, 0.3) is 11.8 Å². The fourth-order valence-electron chi connectivity index (χ4n) is 5.26. The first-order chi connectivity index (χ1) is 23.0. The van der Waals surface area contributed by atoms with Gasteiger partial charge in [-0.1, -0.05) is 11.2 Å². The predicted octanol–water partition coefficient (Wildman–Crippen LogP) is 0.161. The molecule has 0 spiro atoms. The van der Waals surface area contributed by atoms with Gasteiger partial charge >= 0.3 is 17.3 Å². The molecule has 2 aliphatic heterocycles. The fourth-order valence-corrected chi connectivity index (χ4v) is 7.18. The number of nitrogen functional groups attached to an aromatic ring is 1. The molecule has 1 fully saturated rings. The second-order valence-electron chi connectivity index (χ2n) is 10.4. The van der Waals surface area contributed by atoms with Crippen LogP contribution in [0.5, 0.6) is 11.5 Å². The molecule has 0 bridgehead atoms. The van der Waals surface area contributed by atoms with Crippen LogP contribution in [-0.2, 0) is 36.2 Å². The number of nitrogens with one attached hydrogen (secondary N) is 1. The van der Waals surface area contributed by atoms with Gasteiger partial charge in [0, 0.05) is 22.8 Å². The van der Waals surface area contributed by atoms with E-state index in [1.165, 1.54) is 17.1 Å². The zero-order valence-electron chi connectivity index (χ0n) is 24.4. The Labute approximate surface area is 278 Å². The molecule has 1 saturated heterocycles. The van der Waals surface area contributed by atoms with E-state index in [-0.39, 0.29) is 27.8 Å². The lowest BCUT2D eigenvalue weighted by atomic mass is 9.90. The molecule has 2 amide bonds. The van der Waals surface area contributed by atoms with E-state index in [4.69, 9.17) is 15.0 Å². The quantitative estimate of drug-likeness (QED) is 0.0463. The molecule has 6 rings (SSSR count). The number of allylic oxidation sites excluding steroid dienone is 2. The number of thioether (sulfide) groups is 1. The lowest BCUT2D eigenvalue weighted by Crippen LogP contribution is -2.71. The number of aromatic hydroxyl groups is 2. The number of hydrogen-bond acceptors (Lipinski definition) is 14. The normalized spacial score (nSPS) is 18.9. The number of carboxylic acid groups (broad SMARTS) is 2. The molecule has 5 heterocycles. The number of anilines is 1. The van der Waals surface area contributed by atoms with E-state index in [2.05, 4.69) is 15.5 Å². The first kappa shape index (κ1) is 32.1. The van der Waals surface area contributed by atoms with Crippen LogP contribution in [0.3, 0.4) is 0 Å². The van der Waals surface area contributed by atoms with E-state index < -0.39 is 52.3 Å². The number of amides is 2. The van der Waals surface area contributed by atoms with E-state index >= 15 is 0 Å². The van der Waals surface area contributed by atoms with Crippen LogP contribution in [0.25, 0.3) is 11.1 Å². The summed E-state index contributed by atoms with van der Waals surface area (Å²) in [6, 6.07) is 7.55. The summed E-state index contributed by atoms with van der Waals surface area (Å²) < 4.78 is 7.33. The van der Waals surface area contributed by atoms with Crippen LogP contribution >= 0.6 is 23.1 Å². The molecule has 4 aromatic rings. The van der Waals surface area contributed by atoms with Crippen molar-refractivity contribution in [2.24, 2.45) is 5.16 Å².